The van der Waals surface area contributed by atoms with Crippen LogP contribution in [-0.2, 0) is 14.3 Å². The molecule has 0 unspecified atom stereocenters. The number of hydrogen-bond donors (Lipinski definition) is 4. The number of amides is 3. The first-order chi connectivity index (χ1) is 9.47. The predicted molar refractivity (Wildman–Crippen MR) is 66.5 cm³/mol. The third-order valence-corrected chi connectivity index (χ3v) is 1.83. The molecule has 0 saturated heterocycles. The largest absolute Gasteiger partial charge is 0.508 e. The van der Waals surface area contributed by atoms with Crippen molar-refractivity contribution < 1.29 is 29.0 Å². The van der Waals surface area contributed by atoms with Crippen molar-refractivity contribution in [1.82, 2.24) is 10.9 Å². The molecule has 0 saturated carbocycles. The summed E-state index contributed by atoms with van der Waals surface area (Å²) in [5, 5.41) is 11.4. The molecule has 0 heterocycles. The maximum atomic E-state index is 11.3. The molecule has 0 aliphatic rings. The van der Waals surface area contributed by atoms with E-state index >= 15 is 0 Å². The van der Waals surface area contributed by atoms with E-state index in [4.69, 9.17) is 5.11 Å². The Hall–Kier alpha value is -2.97. The number of rotatable bonds is 3. The number of aromatic hydroxyl groups is 1. The Morgan fingerprint density at radius 1 is 1.05 bits per heavy atom. The smallest absolute Gasteiger partial charge is 0.428 e. The van der Waals surface area contributed by atoms with Crippen LogP contribution < -0.4 is 16.2 Å². The first-order valence-corrected chi connectivity index (χ1v) is 5.39. The lowest BCUT2D eigenvalue weighted by molar-refractivity contribution is -0.119. The van der Waals surface area contributed by atoms with E-state index in [1.54, 1.807) is 0 Å². The summed E-state index contributed by atoms with van der Waals surface area (Å²) in [6, 6.07) is 5.68. The lowest BCUT2D eigenvalue weighted by Crippen LogP contribution is -2.41. The molecule has 1 aromatic rings. The fraction of sp³-hybridized carbons (Fsp3) is 0.182. The summed E-state index contributed by atoms with van der Waals surface area (Å²) < 4.78 is 8.98. The van der Waals surface area contributed by atoms with Crippen LogP contribution in [0.3, 0.4) is 0 Å². The number of anilines is 1. The average Bonchev–Trinajstić information content (AvgIpc) is 2.39. The van der Waals surface area contributed by atoms with Gasteiger partial charge in [0, 0.05) is 12.6 Å². The van der Waals surface area contributed by atoms with Crippen LogP contribution in [0.25, 0.3) is 0 Å². The van der Waals surface area contributed by atoms with E-state index < -0.39 is 24.9 Å². The van der Waals surface area contributed by atoms with Crippen LogP contribution in [0.4, 0.5) is 15.3 Å². The molecule has 0 aliphatic carbocycles. The zero-order valence-corrected chi connectivity index (χ0v) is 10.5. The number of carbonyl (C=O) groups is 3. The van der Waals surface area contributed by atoms with E-state index in [1.807, 2.05) is 10.9 Å². The minimum atomic E-state index is -0.974. The van der Waals surface area contributed by atoms with Crippen molar-refractivity contribution in [2.45, 2.75) is 6.92 Å². The van der Waals surface area contributed by atoms with Crippen molar-refractivity contribution in [1.29, 1.82) is 0 Å². The molecule has 0 spiro atoms. The fourth-order valence-electron chi connectivity index (χ4n) is 1.01. The van der Waals surface area contributed by atoms with Gasteiger partial charge < -0.3 is 14.6 Å². The van der Waals surface area contributed by atoms with Crippen LogP contribution in [-0.4, -0.2) is 30.0 Å². The normalized spacial score (nSPS) is 9.25. The molecule has 4 N–H and O–H groups in total. The maximum absolute atomic E-state index is 11.3. The van der Waals surface area contributed by atoms with Gasteiger partial charge in [-0.3, -0.25) is 15.5 Å². The molecule has 3 amide bonds. The Kier molecular flexibility index (Phi) is 5.63. The third kappa shape index (κ3) is 6.10. The van der Waals surface area contributed by atoms with Crippen LogP contribution in [0.5, 0.6) is 5.75 Å². The van der Waals surface area contributed by atoms with Gasteiger partial charge in [0.1, 0.15) is 5.75 Å². The SMILES string of the molecule is CC(=O)NNC(=O)OCOC(=O)Nc1ccc(O)cc1. The highest BCUT2D eigenvalue weighted by Crippen LogP contribution is 2.13. The van der Waals surface area contributed by atoms with Crippen molar-refractivity contribution >= 4 is 23.8 Å². The van der Waals surface area contributed by atoms with Crippen molar-refractivity contribution in [3.8, 4) is 5.75 Å². The van der Waals surface area contributed by atoms with Crippen molar-refractivity contribution in [3.05, 3.63) is 24.3 Å². The number of phenolic OH excluding ortho intramolecular Hbond substituents is 1. The zero-order valence-electron chi connectivity index (χ0n) is 10.5. The Morgan fingerprint density at radius 3 is 2.25 bits per heavy atom. The summed E-state index contributed by atoms with van der Waals surface area (Å²) >= 11 is 0. The van der Waals surface area contributed by atoms with Gasteiger partial charge in [0.05, 0.1) is 0 Å². The maximum Gasteiger partial charge on any atom is 0.428 e. The molecule has 0 aromatic heterocycles. The minimum Gasteiger partial charge on any atom is -0.508 e. The summed E-state index contributed by atoms with van der Waals surface area (Å²) in [6.07, 6.45) is -1.82. The van der Waals surface area contributed by atoms with E-state index in [1.165, 1.54) is 31.2 Å². The first kappa shape index (κ1) is 15.1. The van der Waals surface area contributed by atoms with E-state index in [2.05, 4.69) is 14.8 Å². The minimum absolute atomic E-state index is 0.0573. The Labute approximate surface area is 113 Å². The standard InChI is InChI=1S/C11H13N3O6/c1-7(15)13-14-11(18)20-6-19-10(17)12-8-2-4-9(16)5-3-8/h2-5,16H,6H2,1H3,(H,12,17)(H,13,15)(H,14,18). The highest BCUT2D eigenvalue weighted by atomic mass is 16.7. The highest BCUT2D eigenvalue weighted by Gasteiger charge is 2.06. The third-order valence-electron chi connectivity index (χ3n) is 1.83. The van der Waals surface area contributed by atoms with Crippen LogP contribution in [0.2, 0.25) is 0 Å². The van der Waals surface area contributed by atoms with Crippen molar-refractivity contribution in [3.63, 3.8) is 0 Å². The van der Waals surface area contributed by atoms with Gasteiger partial charge in [-0.05, 0) is 24.3 Å². The highest BCUT2D eigenvalue weighted by molar-refractivity contribution is 5.84. The molecule has 9 heteroatoms. The molecule has 0 atom stereocenters. The fourth-order valence-corrected chi connectivity index (χ4v) is 1.01. The summed E-state index contributed by atoms with van der Waals surface area (Å²) in [4.78, 5) is 32.7. The molecule has 108 valence electrons. The van der Waals surface area contributed by atoms with E-state index in [0.717, 1.165) is 0 Å². The number of hydrogen-bond acceptors (Lipinski definition) is 6. The molecular formula is C11H13N3O6. The number of nitrogens with one attached hydrogen (secondary N) is 3. The molecule has 9 nitrogen and oxygen atoms in total. The topological polar surface area (TPSA) is 126 Å². The van der Waals surface area contributed by atoms with Crippen molar-refractivity contribution in [2.75, 3.05) is 12.1 Å². The molecule has 0 aliphatic heterocycles. The van der Waals surface area contributed by atoms with E-state index in [0.29, 0.717) is 5.69 Å². The predicted octanol–water partition coefficient (Wildman–Crippen LogP) is 0.675. The zero-order chi connectivity index (χ0) is 15.0. The molecule has 0 bridgehead atoms. The molecular weight excluding hydrogens is 270 g/mol. The van der Waals surface area contributed by atoms with Crippen LogP contribution in [0.15, 0.2) is 24.3 Å². The van der Waals surface area contributed by atoms with Crippen LogP contribution in [0, 0.1) is 0 Å². The van der Waals surface area contributed by atoms with E-state index in [9.17, 15) is 14.4 Å². The van der Waals surface area contributed by atoms with Gasteiger partial charge in [0.15, 0.2) is 0 Å². The Bertz CT molecular complexity index is 487. The van der Waals surface area contributed by atoms with Crippen LogP contribution in [0.1, 0.15) is 6.92 Å². The molecule has 20 heavy (non-hydrogen) atoms. The summed E-state index contributed by atoms with van der Waals surface area (Å²) in [5.74, 6) is -0.421. The number of phenols is 1. The second kappa shape index (κ2) is 7.46. The second-order valence-corrected chi connectivity index (χ2v) is 3.46. The average molecular weight is 283 g/mol. The van der Waals surface area contributed by atoms with Gasteiger partial charge in [0.25, 0.3) is 0 Å². The number of carbonyl (C=O) groups excluding carboxylic acids is 3. The summed E-state index contributed by atoms with van der Waals surface area (Å²) in [6.45, 7) is 0.567. The number of hydrazine groups is 1. The van der Waals surface area contributed by atoms with Gasteiger partial charge >= 0.3 is 12.2 Å². The van der Waals surface area contributed by atoms with Gasteiger partial charge in [-0.15, -0.1) is 0 Å². The Morgan fingerprint density at radius 2 is 1.65 bits per heavy atom. The monoisotopic (exact) mass is 283 g/mol. The van der Waals surface area contributed by atoms with Gasteiger partial charge in [-0.1, -0.05) is 0 Å². The molecule has 1 aromatic carbocycles. The summed E-state index contributed by atoms with van der Waals surface area (Å²) in [7, 11) is 0. The lowest BCUT2D eigenvalue weighted by Gasteiger charge is -2.08. The van der Waals surface area contributed by atoms with Gasteiger partial charge in [-0.2, -0.15) is 0 Å². The second-order valence-electron chi connectivity index (χ2n) is 3.46. The first-order valence-electron chi connectivity index (χ1n) is 5.39. The molecule has 0 radical (unpaired) electrons. The Balaban J connectivity index is 2.21. The number of ether oxygens (including phenoxy) is 2. The van der Waals surface area contributed by atoms with Crippen molar-refractivity contribution in [2.24, 2.45) is 0 Å². The van der Waals surface area contributed by atoms with E-state index in [-0.39, 0.29) is 5.75 Å². The van der Waals surface area contributed by atoms with Crippen LogP contribution >= 0.6 is 0 Å². The summed E-state index contributed by atoms with van der Waals surface area (Å²) in [5.41, 5.74) is 4.30. The number of benzene rings is 1. The molecule has 1 rings (SSSR count). The quantitative estimate of drug-likeness (QED) is 0.367. The van der Waals surface area contributed by atoms with Gasteiger partial charge in [0.2, 0.25) is 12.7 Å². The molecule has 0 fully saturated rings. The lowest BCUT2D eigenvalue weighted by atomic mass is 10.3. The van der Waals surface area contributed by atoms with Gasteiger partial charge in [-0.25, -0.2) is 15.0 Å².